The lowest BCUT2D eigenvalue weighted by Gasteiger charge is -2.27. The van der Waals surface area contributed by atoms with Crippen LogP contribution < -0.4 is 0 Å². The first kappa shape index (κ1) is 4.77. The highest BCUT2D eigenvalue weighted by Gasteiger charge is 2.22. The Bertz CT molecular complexity index is 46.8. The van der Waals surface area contributed by atoms with E-state index in [0.717, 1.165) is 0 Å². The van der Waals surface area contributed by atoms with Crippen molar-refractivity contribution in [3.8, 4) is 0 Å². The molecule has 0 bridgehead atoms. The summed E-state index contributed by atoms with van der Waals surface area (Å²) >= 11 is 2.10. The number of halogens is 2. The standard InChI is InChI=1S/C3H5FIN/c4-3-1-6(5)2-3/h3H,1-2H2. The van der Waals surface area contributed by atoms with E-state index in [2.05, 4.69) is 22.9 Å². The fraction of sp³-hybridized carbons (Fsp3) is 1.00. The summed E-state index contributed by atoms with van der Waals surface area (Å²) in [5, 5.41) is 0. The molecule has 1 fully saturated rings. The van der Waals surface area contributed by atoms with E-state index in [1.807, 2.05) is 3.11 Å². The van der Waals surface area contributed by atoms with Crippen LogP contribution in [-0.2, 0) is 0 Å². The summed E-state index contributed by atoms with van der Waals surface area (Å²) in [5.74, 6) is 0. The number of hydrogen-bond acceptors (Lipinski definition) is 1. The van der Waals surface area contributed by atoms with Crippen LogP contribution in [0, 0.1) is 0 Å². The quantitative estimate of drug-likeness (QED) is 0.417. The molecule has 0 aromatic heterocycles. The number of alkyl halides is 1. The fourth-order valence-electron chi connectivity index (χ4n) is 0.376. The molecule has 0 unspecified atom stereocenters. The lowest BCUT2D eigenvalue weighted by atomic mass is 10.3. The first-order valence-electron chi connectivity index (χ1n) is 1.84. The van der Waals surface area contributed by atoms with Gasteiger partial charge in [-0.1, -0.05) is 0 Å². The third-order valence-electron chi connectivity index (χ3n) is 0.792. The van der Waals surface area contributed by atoms with E-state index < -0.39 is 6.17 Å². The Morgan fingerprint density at radius 1 is 1.67 bits per heavy atom. The predicted molar refractivity (Wildman–Crippen MR) is 30.5 cm³/mol. The third-order valence-corrected chi connectivity index (χ3v) is 1.58. The second-order valence-electron chi connectivity index (χ2n) is 1.43. The van der Waals surface area contributed by atoms with E-state index in [9.17, 15) is 4.39 Å². The third kappa shape index (κ3) is 0.815. The summed E-state index contributed by atoms with van der Waals surface area (Å²) in [6, 6.07) is 0. The van der Waals surface area contributed by atoms with Crippen molar-refractivity contribution >= 4 is 22.9 Å². The van der Waals surface area contributed by atoms with Crippen LogP contribution in [0.2, 0.25) is 0 Å². The molecule has 1 aliphatic heterocycles. The second kappa shape index (κ2) is 1.61. The molecule has 6 heavy (non-hydrogen) atoms. The van der Waals surface area contributed by atoms with E-state index in [-0.39, 0.29) is 0 Å². The first-order chi connectivity index (χ1) is 2.79. The molecule has 3 heteroatoms. The van der Waals surface area contributed by atoms with Crippen LogP contribution in [0.3, 0.4) is 0 Å². The van der Waals surface area contributed by atoms with Crippen molar-refractivity contribution in [1.29, 1.82) is 0 Å². The van der Waals surface area contributed by atoms with Crippen LogP contribution in [0.1, 0.15) is 0 Å². The minimum absolute atomic E-state index is 0.540. The van der Waals surface area contributed by atoms with E-state index in [1.165, 1.54) is 0 Å². The molecule has 36 valence electrons. The molecular formula is C3H5FIN. The van der Waals surface area contributed by atoms with Crippen LogP contribution in [0.15, 0.2) is 0 Å². The van der Waals surface area contributed by atoms with Crippen molar-refractivity contribution < 1.29 is 4.39 Å². The van der Waals surface area contributed by atoms with Gasteiger partial charge in [0.05, 0.1) is 0 Å². The molecule has 0 spiro atoms. The van der Waals surface area contributed by atoms with Gasteiger partial charge in [0.1, 0.15) is 6.17 Å². The molecule has 0 saturated carbocycles. The number of rotatable bonds is 0. The zero-order valence-electron chi connectivity index (χ0n) is 3.19. The molecule has 0 N–H and O–H groups in total. The molecule has 0 amide bonds. The Balaban J connectivity index is 2.11. The molecule has 0 atom stereocenters. The van der Waals surface area contributed by atoms with Crippen molar-refractivity contribution in [3.63, 3.8) is 0 Å². The number of nitrogens with zero attached hydrogens (tertiary/aromatic N) is 1. The van der Waals surface area contributed by atoms with E-state index in [0.29, 0.717) is 13.1 Å². The smallest absolute Gasteiger partial charge is 0.127 e. The van der Waals surface area contributed by atoms with Gasteiger partial charge in [0.25, 0.3) is 0 Å². The van der Waals surface area contributed by atoms with Gasteiger partial charge < -0.3 is 0 Å². The Morgan fingerprint density at radius 2 is 2.17 bits per heavy atom. The molecule has 1 aliphatic rings. The van der Waals surface area contributed by atoms with Gasteiger partial charge in [0, 0.05) is 36.0 Å². The van der Waals surface area contributed by atoms with Crippen LogP contribution in [0.25, 0.3) is 0 Å². The summed E-state index contributed by atoms with van der Waals surface area (Å²) in [5.41, 5.74) is 0. The predicted octanol–water partition coefficient (Wildman–Crippen LogP) is 0.990. The zero-order chi connectivity index (χ0) is 4.57. The SMILES string of the molecule is FC1CN(I)C1. The van der Waals surface area contributed by atoms with Gasteiger partial charge in [-0.25, -0.2) is 7.50 Å². The molecule has 1 nitrogen and oxygen atoms in total. The molecule has 1 heterocycles. The average molecular weight is 201 g/mol. The summed E-state index contributed by atoms with van der Waals surface area (Å²) < 4.78 is 13.6. The van der Waals surface area contributed by atoms with Gasteiger partial charge in [-0.2, -0.15) is 0 Å². The van der Waals surface area contributed by atoms with E-state index >= 15 is 0 Å². The average Bonchev–Trinajstić information content (AvgIpc) is 1.33. The maximum Gasteiger partial charge on any atom is 0.127 e. The highest BCUT2D eigenvalue weighted by Crippen LogP contribution is 2.14. The van der Waals surface area contributed by atoms with Crippen molar-refractivity contribution in [2.75, 3.05) is 13.1 Å². The van der Waals surface area contributed by atoms with Crippen molar-refractivity contribution in [2.24, 2.45) is 0 Å². The van der Waals surface area contributed by atoms with Gasteiger partial charge in [0.2, 0.25) is 0 Å². The van der Waals surface area contributed by atoms with Crippen LogP contribution >= 0.6 is 22.9 Å². The summed E-state index contributed by atoms with van der Waals surface area (Å²) in [4.78, 5) is 0. The molecule has 0 aromatic carbocycles. The van der Waals surface area contributed by atoms with E-state index in [1.54, 1.807) is 0 Å². The van der Waals surface area contributed by atoms with Gasteiger partial charge in [-0.3, -0.25) is 0 Å². The molecule has 0 aliphatic carbocycles. The van der Waals surface area contributed by atoms with Gasteiger partial charge in [0.15, 0.2) is 0 Å². The van der Waals surface area contributed by atoms with Gasteiger partial charge in [-0.15, -0.1) is 0 Å². The second-order valence-corrected chi connectivity index (χ2v) is 2.79. The molecule has 1 rings (SSSR count). The highest BCUT2D eigenvalue weighted by molar-refractivity contribution is 14.1. The normalized spacial score (nSPS) is 27.0. The van der Waals surface area contributed by atoms with E-state index in [4.69, 9.17) is 0 Å². The summed E-state index contributed by atoms with van der Waals surface area (Å²) in [6.07, 6.45) is -0.540. The zero-order valence-corrected chi connectivity index (χ0v) is 5.35. The van der Waals surface area contributed by atoms with Crippen molar-refractivity contribution in [2.45, 2.75) is 6.17 Å². The van der Waals surface area contributed by atoms with Crippen molar-refractivity contribution in [3.05, 3.63) is 0 Å². The minimum atomic E-state index is -0.540. The van der Waals surface area contributed by atoms with Gasteiger partial charge >= 0.3 is 0 Å². The summed E-state index contributed by atoms with van der Waals surface area (Å²) in [7, 11) is 0. The molecule has 1 saturated heterocycles. The van der Waals surface area contributed by atoms with Crippen LogP contribution in [0.4, 0.5) is 4.39 Å². The Morgan fingerprint density at radius 3 is 2.17 bits per heavy atom. The Labute approximate surface area is 50.0 Å². The fourth-order valence-corrected chi connectivity index (χ4v) is 1.23. The van der Waals surface area contributed by atoms with Crippen LogP contribution in [-0.4, -0.2) is 22.4 Å². The first-order valence-corrected chi connectivity index (χ1v) is 2.80. The lowest BCUT2D eigenvalue weighted by Crippen LogP contribution is -2.41. The summed E-state index contributed by atoms with van der Waals surface area (Å²) in [6.45, 7) is 1.25. The van der Waals surface area contributed by atoms with Gasteiger partial charge in [-0.05, 0) is 0 Å². The van der Waals surface area contributed by atoms with Crippen LogP contribution in [0.5, 0.6) is 0 Å². The monoisotopic (exact) mass is 201 g/mol. The Hall–Kier alpha value is 0.620. The molecule has 0 radical (unpaired) electrons. The topological polar surface area (TPSA) is 3.24 Å². The largest absolute Gasteiger partial charge is 0.245 e. The molecule has 0 aromatic rings. The minimum Gasteiger partial charge on any atom is -0.245 e. The molecular weight excluding hydrogens is 196 g/mol. The highest BCUT2D eigenvalue weighted by atomic mass is 127. The van der Waals surface area contributed by atoms with Crippen molar-refractivity contribution in [1.82, 2.24) is 3.11 Å². The maximum atomic E-state index is 11.7. The lowest BCUT2D eigenvalue weighted by molar-refractivity contribution is 0.169. The Kier molecular flexibility index (Phi) is 1.28. The number of hydrogen-bond donors (Lipinski definition) is 0. The maximum absolute atomic E-state index is 11.7.